The Labute approximate surface area is 92.3 Å². The van der Waals surface area contributed by atoms with Crippen molar-refractivity contribution in [2.75, 3.05) is 19.6 Å². The van der Waals surface area contributed by atoms with E-state index in [-0.39, 0.29) is 0 Å². The van der Waals surface area contributed by atoms with Crippen LogP contribution in [0.25, 0.3) is 0 Å². The van der Waals surface area contributed by atoms with Gasteiger partial charge in [0.1, 0.15) is 6.10 Å². The van der Waals surface area contributed by atoms with Gasteiger partial charge in [0.25, 0.3) is 0 Å². The Balaban J connectivity index is 2.08. The van der Waals surface area contributed by atoms with Gasteiger partial charge in [-0.25, -0.2) is 4.79 Å². The van der Waals surface area contributed by atoms with Crippen molar-refractivity contribution in [1.82, 2.24) is 10.6 Å². The maximum atomic E-state index is 10.3. The Hall–Kier alpha value is -1.11. The van der Waals surface area contributed by atoms with Gasteiger partial charge in [-0.15, -0.1) is 11.3 Å². The summed E-state index contributed by atoms with van der Waals surface area (Å²) in [6.45, 7) is 1.53. The lowest BCUT2D eigenvalue weighted by atomic mass is 10.3. The maximum absolute atomic E-state index is 10.3. The third-order valence-electron chi connectivity index (χ3n) is 1.81. The molecule has 1 aromatic heterocycles. The van der Waals surface area contributed by atoms with Crippen LogP contribution in [-0.4, -0.2) is 30.8 Å². The fourth-order valence-corrected chi connectivity index (χ4v) is 1.81. The van der Waals surface area contributed by atoms with Crippen molar-refractivity contribution in [3.63, 3.8) is 0 Å². The highest BCUT2D eigenvalue weighted by Gasteiger charge is 2.06. The van der Waals surface area contributed by atoms with Gasteiger partial charge < -0.3 is 21.5 Å². The molecule has 0 bridgehead atoms. The topological polar surface area (TPSA) is 87.4 Å². The lowest BCUT2D eigenvalue weighted by Crippen LogP contribution is -2.36. The van der Waals surface area contributed by atoms with Gasteiger partial charge in [-0.05, 0) is 11.4 Å². The lowest BCUT2D eigenvalue weighted by Gasteiger charge is -2.09. The molecule has 1 rings (SSSR count). The summed E-state index contributed by atoms with van der Waals surface area (Å²) in [4.78, 5) is 11.3. The molecule has 1 aromatic rings. The monoisotopic (exact) mass is 229 g/mol. The van der Waals surface area contributed by atoms with Crippen LogP contribution in [0, 0.1) is 0 Å². The number of aliphatic hydroxyl groups excluding tert-OH is 1. The summed E-state index contributed by atoms with van der Waals surface area (Å²) in [5.74, 6) is 0. The van der Waals surface area contributed by atoms with E-state index in [1.54, 1.807) is 0 Å². The highest BCUT2D eigenvalue weighted by molar-refractivity contribution is 7.10. The fourth-order valence-electron chi connectivity index (χ4n) is 1.09. The first kappa shape index (κ1) is 12.0. The third kappa shape index (κ3) is 4.78. The first-order chi connectivity index (χ1) is 7.20. The molecule has 15 heavy (non-hydrogen) atoms. The summed E-state index contributed by atoms with van der Waals surface area (Å²) < 4.78 is 0. The molecule has 0 radical (unpaired) electrons. The zero-order valence-corrected chi connectivity index (χ0v) is 9.09. The Morgan fingerprint density at radius 3 is 3.00 bits per heavy atom. The molecular formula is C9H15N3O2S. The second-order valence-corrected chi connectivity index (χ2v) is 4.01. The number of aliphatic hydroxyl groups is 1. The summed E-state index contributed by atoms with van der Waals surface area (Å²) in [5, 5.41) is 17.0. The molecule has 0 spiro atoms. The van der Waals surface area contributed by atoms with Gasteiger partial charge in [0.2, 0.25) is 0 Å². The van der Waals surface area contributed by atoms with Crippen LogP contribution in [0.15, 0.2) is 17.5 Å². The Kier molecular flexibility index (Phi) is 5.09. The molecule has 1 heterocycles. The number of hydrogen-bond acceptors (Lipinski definition) is 4. The average molecular weight is 229 g/mol. The molecule has 0 aliphatic rings. The second kappa shape index (κ2) is 6.39. The number of nitrogens with two attached hydrogens (primary N) is 1. The van der Waals surface area contributed by atoms with E-state index < -0.39 is 12.1 Å². The number of hydrogen-bond donors (Lipinski definition) is 4. The first-order valence-electron chi connectivity index (χ1n) is 4.65. The van der Waals surface area contributed by atoms with Crippen LogP contribution in [0.2, 0.25) is 0 Å². The number of primary amides is 1. The molecule has 84 valence electrons. The van der Waals surface area contributed by atoms with Crippen LogP contribution in [0.4, 0.5) is 4.79 Å². The van der Waals surface area contributed by atoms with Crippen LogP contribution in [0.5, 0.6) is 0 Å². The smallest absolute Gasteiger partial charge is 0.312 e. The second-order valence-electron chi connectivity index (χ2n) is 3.03. The number of carbonyl (C=O) groups excluding carboxylic acids is 1. The Bertz CT molecular complexity index is 290. The van der Waals surface area contributed by atoms with Crippen LogP contribution in [-0.2, 0) is 0 Å². The van der Waals surface area contributed by atoms with Crippen LogP contribution < -0.4 is 16.4 Å². The molecule has 6 heteroatoms. The molecule has 2 amide bonds. The Morgan fingerprint density at radius 1 is 1.60 bits per heavy atom. The van der Waals surface area contributed by atoms with Crippen LogP contribution >= 0.6 is 11.3 Å². The van der Waals surface area contributed by atoms with Crippen molar-refractivity contribution in [2.24, 2.45) is 5.73 Å². The standard InChI is InChI=1S/C9H15N3O2S/c10-9(14)12-4-3-11-6-7(13)8-2-1-5-15-8/h1-2,5,7,11,13H,3-4,6H2,(H3,10,12,14). The molecule has 0 saturated carbocycles. The predicted molar refractivity (Wildman–Crippen MR) is 59.7 cm³/mol. The first-order valence-corrected chi connectivity index (χ1v) is 5.53. The van der Waals surface area contributed by atoms with Crippen LogP contribution in [0.1, 0.15) is 11.0 Å². The predicted octanol–water partition coefficient (Wildman–Crippen LogP) is 0.0394. The molecule has 0 aliphatic carbocycles. The number of nitrogens with one attached hydrogen (secondary N) is 2. The Morgan fingerprint density at radius 2 is 2.40 bits per heavy atom. The van der Waals surface area contributed by atoms with Crippen molar-refractivity contribution in [3.05, 3.63) is 22.4 Å². The van der Waals surface area contributed by atoms with E-state index in [2.05, 4.69) is 10.6 Å². The van der Waals surface area contributed by atoms with Gasteiger partial charge in [-0.2, -0.15) is 0 Å². The van der Waals surface area contributed by atoms with E-state index in [9.17, 15) is 9.90 Å². The summed E-state index contributed by atoms with van der Waals surface area (Å²) in [7, 11) is 0. The minimum atomic E-state index is -0.532. The normalized spacial score (nSPS) is 12.3. The maximum Gasteiger partial charge on any atom is 0.312 e. The fraction of sp³-hybridized carbons (Fsp3) is 0.444. The SMILES string of the molecule is NC(=O)NCCNCC(O)c1cccs1. The number of thiophene rings is 1. The molecule has 1 atom stereocenters. The van der Waals surface area contributed by atoms with Crippen molar-refractivity contribution >= 4 is 17.4 Å². The number of carbonyl (C=O) groups is 1. The van der Waals surface area contributed by atoms with E-state index in [1.165, 1.54) is 11.3 Å². The molecule has 5 N–H and O–H groups in total. The van der Waals surface area contributed by atoms with E-state index in [1.807, 2.05) is 17.5 Å². The van der Waals surface area contributed by atoms with E-state index in [0.29, 0.717) is 19.6 Å². The highest BCUT2D eigenvalue weighted by atomic mass is 32.1. The highest BCUT2D eigenvalue weighted by Crippen LogP contribution is 2.17. The largest absolute Gasteiger partial charge is 0.386 e. The summed E-state index contributed by atoms with van der Waals surface area (Å²) >= 11 is 1.52. The van der Waals surface area contributed by atoms with E-state index in [4.69, 9.17) is 5.73 Å². The molecule has 0 saturated heterocycles. The lowest BCUT2D eigenvalue weighted by molar-refractivity contribution is 0.179. The number of rotatable bonds is 6. The van der Waals surface area contributed by atoms with E-state index in [0.717, 1.165) is 4.88 Å². The van der Waals surface area contributed by atoms with Gasteiger partial charge in [0.15, 0.2) is 0 Å². The van der Waals surface area contributed by atoms with Gasteiger partial charge in [-0.1, -0.05) is 6.07 Å². The van der Waals surface area contributed by atoms with Crippen molar-refractivity contribution in [3.8, 4) is 0 Å². The number of amides is 2. The molecule has 0 fully saturated rings. The molecule has 0 aromatic carbocycles. The van der Waals surface area contributed by atoms with Gasteiger partial charge >= 0.3 is 6.03 Å². The minimum absolute atomic E-state index is 0.465. The summed E-state index contributed by atoms with van der Waals surface area (Å²) in [6.07, 6.45) is -0.487. The van der Waals surface area contributed by atoms with Crippen molar-refractivity contribution in [1.29, 1.82) is 0 Å². The van der Waals surface area contributed by atoms with Crippen molar-refractivity contribution in [2.45, 2.75) is 6.10 Å². The molecule has 0 aliphatic heterocycles. The van der Waals surface area contributed by atoms with Crippen LogP contribution in [0.3, 0.4) is 0 Å². The molecule has 5 nitrogen and oxygen atoms in total. The van der Waals surface area contributed by atoms with Gasteiger partial charge in [-0.3, -0.25) is 0 Å². The average Bonchev–Trinajstić information content (AvgIpc) is 2.69. The van der Waals surface area contributed by atoms with Crippen molar-refractivity contribution < 1.29 is 9.90 Å². The molecular weight excluding hydrogens is 214 g/mol. The zero-order chi connectivity index (χ0) is 11.1. The quantitative estimate of drug-likeness (QED) is 0.519. The molecule has 1 unspecified atom stereocenters. The minimum Gasteiger partial charge on any atom is -0.386 e. The third-order valence-corrected chi connectivity index (χ3v) is 2.78. The van der Waals surface area contributed by atoms with E-state index >= 15 is 0 Å². The van der Waals surface area contributed by atoms with Gasteiger partial charge in [0.05, 0.1) is 0 Å². The van der Waals surface area contributed by atoms with Gasteiger partial charge in [0, 0.05) is 24.5 Å². The summed E-state index contributed by atoms with van der Waals surface area (Å²) in [5.41, 5.74) is 4.89. The zero-order valence-electron chi connectivity index (χ0n) is 8.27. The summed E-state index contributed by atoms with van der Waals surface area (Å²) in [6, 6.07) is 3.26. The number of urea groups is 1.